The molecule has 0 saturated heterocycles. The highest BCUT2D eigenvalue weighted by molar-refractivity contribution is 5.89. The second-order valence-corrected chi connectivity index (χ2v) is 6.11. The van der Waals surface area contributed by atoms with Gasteiger partial charge in [-0.3, -0.25) is 4.98 Å². The number of hydrogen-bond acceptors (Lipinski definition) is 4. The summed E-state index contributed by atoms with van der Waals surface area (Å²) < 4.78 is 1.89. The van der Waals surface area contributed by atoms with E-state index in [2.05, 4.69) is 53.5 Å². The van der Waals surface area contributed by atoms with Gasteiger partial charge in [0.05, 0.1) is 17.6 Å². The molecule has 0 radical (unpaired) electrons. The van der Waals surface area contributed by atoms with Gasteiger partial charge in [-0.2, -0.15) is 0 Å². The van der Waals surface area contributed by atoms with Gasteiger partial charge < -0.3 is 5.32 Å². The van der Waals surface area contributed by atoms with Gasteiger partial charge in [0.1, 0.15) is 0 Å². The van der Waals surface area contributed by atoms with E-state index < -0.39 is 0 Å². The standard InChI is InChI=1S/C16H19N5/c1-16(2,3)18-10-13-11-19-20-21(13)15-6-4-5-12-9-17-8-7-14(12)15/h4-9,11,18H,10H2,1-3H3. The molecule has 0 spiro atoms. The zero-order chi connectivity index (χ0) is 14.9. The van der Waals surface area contributed by atoms with Gasteiger partial charge in [-0.15, -0.1) is 5.10 Å². The minimum Gasteiger partial charge on any atom is -0.306 e. The summed E-state index contributed by atoms with van der Waals surface area (Å²) in [4.78, 5) is 4.17. The maximum Gasteiger partial charge on any atom is 0.0784 e. The normalized spacial score (nSPS) is 12.0. The summed E-state index contributed by atoms with van der Waals surface area (Å²) in [5.74, 6) is 0. The summed E-state index contributed by atoms with van der Waals surface area (Å²) in [6.07, 6.45) is 5.47. The first-order valence-corrected chi connectivity index (χ1v) is 7.02. The number of nitrogens with one attached hydrogen (secondary N) is 1. The Bertz CT molecular complexity index is 749. The zero-order valence-corrected chi connectivity index (χ0v) is 12.5. The average Bonchev–Trinajstić information content (AvgIpc) is 2.92. The van der Waals surface area contributed by atoms with Gasteiger partial charge in [-0.1, -0.05) is 17.3 Å². The molecule has 0 atom stereocenters. The zero-order valence-electron chi connectivity index (χ0n) is 12.5. The van der Waals surface area contributed by atoms with Crippen LogP contribution in [0.25, 0.3) is 16.5 Å². The number of hydrogen-bond donors (Lipinski definition) is 1. The van der Waals surface area contributed by atoms with Gasteiger partial charge in [0.2, 0.25) is 0 Å². The lowest BCUT2D eigenvalue weighted by molar-refractivity contribution is 0.418. The highest BCUT2D eigenvalue weighted by atomic mass is 15.4. The molecular weight excluding hydrogens is 262 g/mol. The Morgan fingerprint density at radius 3 is 2.81 bits per heavy atom. The molecule has 0 bridgehead atoms. The van der Waals surface area contributed by atoms with Crippen LogP contribution in [0.4, 0.5) is 0 Å². The maximum atomic E-state index is 4.24. The Kier molecular flexibility index (Phi) is 3.43. The first-order valence-electron chi connectivity index (χ1n) is 7.02. The van der Waals surface area contributed by atoms with Crippen LogP contribution in [0.15, 0.2) is 42.9 Å². The van der Waals surface area contributed by atoms with E-state index in [9.17, 15) is 0 Å². The van der Waals surface area contributed by atoms with E-state index in [1.807, 2.05) is 23.0 Å². The molecule has 0 aliphatic carbocycles. The smallest absolute Gasteiger partial charge is 0.0784 e. The van der Waals surface area contributed by atoms with E-state index in [4.69, 9.17) is 0 Å². The number of rotatable bonds is 3. The van der Waals surface area contributed by atoms with Gasteiger partial charge in [0.15, 0.2) is 0 Å². The summed E-state index contributed by atoms with van der Waals surface area (Å²) >= 11 is 0. The molecule has 3 aromatic rings. The monoisotopic (exact) mass is 281 g/mol. The topological polar surface area (TPSA) is 55.6 Å². The Hall–Kier alpha value is -2.27. The van der Waals surface area contributed by atoms with Crippen LogP contribution in [0, 0.1) is 0 Å². The van der Waals surface area contributed by atoms with E-state index in [-0.39, 0.29) is 5.54 Å². The fourth-order valence-corrected chi connectivity index (χ4v) is 2.23. The molecule has 108 valence electrons. The SMILES string of the molecule is CC(C)(C)NCc1cnnn1-c1cccc2cnccc12. The average molecular weight is 281 g/mol. The predicted molar refractivity (Wildman–Crippen MR) is 83.3 cm³/mol. The lowest BCUT2D eigenvalue weighted by atomic mass is 10.1. The van der Waals surface area contributed by atoms with Crippen LogP contribution in [-0.4, -0.2) is 25.5 Å². The van der Waals surface area contributed by atoms with Crippen molar-refractivity contribution in [3.63, 3.8) is 0 Å². The van der Waals surface area contributed by atoms with Crippen molar-refractivity contribution >= 4 is 10.8 Å². The molecule has 0 unspecified atom stereocenters. The highest BCUT2D eigenvalue weighted by Crippen LogP contribution is 2.21. The molecule has 1 N–H and O–H groups in total. The van der Waals surface area contributed by atoms with Crippen molar-refractivity contribution in [2.45, 2.75) is 32.9 Å². The van der Waals surface area contributed by atoms with E-state index in [1.54, 1.807) is 12.4 Å². The molecule has 21 heavy (non-hydrogen) atoms. The van der Waals surface area contributed by atoms with Gasteiger partial charge in [0.25, 0.3) is 0 Å². The minimum absolute atomic E-state index is 0.0533. The van der Waals surface area contributed by atoms with Crippen molar-refractivity contribution in [2.24, 2.45) is 0 Å². The van der Waals surface area contributed by atoms with Crippen LogP contribution in [0.1, 0.15) is 26.5 Å². The lowest BCUT2D eigenvalue weighted by Gasteiger charge is -2.20. The molecule has 2 heterocycles. The van der Waals surface area contributed by atoms with Gasteiger partial charge in [-0.25, -0.2) is 4.68 Å². The molecule has 1 aromatic carbocycles. The fraction of sp³-hybridized carbons (Fsp3) is 0.312. The number of aromatic nitrogens is 4. The van der Waals surface area contributed by atoms with Gasteiger partial charge in [0, 0.05) is 35.2 Å². The summed E-state index contributed by atoms with van der Waals surface area (Å²) in [6.45, 7) is 7.15. The third kappa shape index (κ3) is 2.92. The van der Waals surface area contributed by atoms with Crippen LogP contribution in [0.2, 0.25) is 0 Å². The van der Waals surface area contributed by atoms with Crippen LogP contribution >= 0.6 is 0 Å². The van der Waals surface area contributed by atoms with Crippen molar-refractivity contribution in [3.05, 3.63) is 48.5 Å². The molecule has 3 rings (SSSR count). The number of benzene rings is 1. The van der Waals surface area contributed by atoms with E-state index in [0.717, 1.165) is 28.7 Å². The van der Waals surface area contributed by atoms with Crippen molar-refractivity contribution < 1.29 is 0 Å². The van der Waals surface area contributed by atoms with Gasteiger partial charge in [-0.05, 0) is 32.9 Å². The first-order chi connectivity index (χ1) is 10.0. The Labute approximate surface area is 124 Å². The second kappa shape index (κ2) is 5.26. The molecule has 5 heteroatoms. The van der Waals surface area contributed by atoms with E-state index in [1.165, 1.54) is 0 Å². The summed E-state index contributed by atoms with van der Waals surface area (Å²) in [6, 6.07) is 8.13. The molecule has 0 amide bonds. The predicted octanol–water partition coefficient (Wildman–Crippen LogP) is 2.70. The Morgan fingerprint density at radius 1 is 1.14 bits per heavy atom. The molecule has 5 nitrogen and oxygen atoms in total. The summed E-state index contributed by atoms with van der Waals surface area (Å²) in [5, 5.41) is 14.0. The van der Waals surface area contributed by atoms with E-state index in [0.29, 0.717) is 0 Å². The second-order valence-electron chi connectivity index (χ2n) is 6.11. The number of pyridine rings is 1. The Morgan fingerprint density at radius 2 is 2.00 bits per heavy atom. The first kappa shape index (κ1) is 13.7. The fourth-order valence-electron chi connectivity index (χ4n) is 2.23. The maximum absolute atomic E-state index is 4.24. The van der Waals surface area contributed by atoms with Crippen molar-refractivity contribution in [1.82, 2.24) is 25.3 Å². The molecule has 0 saturated carbocycles. The molecule has 0 fully saturated rings. The van der Waals surface area contributed by atoms with Crippen LogP contribution in [0.3, 0.4) is 0 Å². The van der Waals surface area contributed by atoms with Gasteiger partial charge >= 0.3 is 0 Å². The molecule has 2 aromatic heterocycles. The molecule has 0 aliphatic rings. The molecular formula is C16H19N5. The summed E-state index contributed by atoms with van der Waals surface area (Å²) in [7, 11) is 0. The minimum atomic E-state index is 0.0533. The third-order valence-corrected chi connectivity index (χ3v) is 3.31. The third-order valence-electron chi connectivity index (χ3n) is 3.31. The molecule has 0 aliphatic heterocycles. The lowest BCUT2D eigenvalue weighted by Crippen LogP contribution is -2.35. The highest BCUT2D eigenvalue weighted by Gasteiger charge is 2.13. The quantitative estimate of drug-likeness (QED) is 0.802. The number of nitrogens with zero attached hydrogens (tertiary/aromatic N) is 4. The van der Waals surface area contributed by atoms with Crippen molar-refractivity contribution in [2.75, 3.05) is 0 Å². The van der Waals surface area contributed by atoms with Crippen LogP contribution < -0.4 is 5.32 Å². The van der Waals surface area contributed by atoms with Crippen molar-refractivity contribution in [1.29, 1.82) is 0 Å². The largest absolute Gasteiger partial charge is 0.306 e. The Balaban J connectivity index is 2.02. The van der Waals surface area contributed by atoms with Crippen LogP contribution in [-0.2, 0) is 6.54 Å². The van der Waals surface area contributed by atoms with E-state index >= 15 is 0 Å². The van der Waals surface area contributed by atoms with Crippen LogP contribution in [0.5, 0.6) is 0 Å². The number of fused-ring (bicyclic) bond motifs is 1. The van der Waals surface area contributed by atoms with Crippen molar-refractivity contribution in [3.8, 4) is 5.69 Å². The summed E-state index contributed by atoms with van der Waals surface area (Å²) in [5.41, 5.74) is 2.12.